The van der Waals surface area contributed by atoms with Crippen LogP contribution >= 0.6 is 0 Å². The molecule has 0 aliphatic carbocycles. The summed E-state index contributed by atoms with van der Waals surface area (Å²) in [7, 11) is 1.77. The fourth-order valence-electron chi connectivity index (χ4n) is 1.87. The fourth-order valence-corrected chi connectivity index (χ4v) is 1.87. The number of rotatable bonds is 9. The first kappa shape index (κ1) is 17.9. The van der Waals surface area contributed by atoms with Crippen LogP contribution in [0.2, 0.25) is 0 Å². The van der Waals surface area contributed by atoms with Crippen molar-refractivity contribution in [2.75, 3.05) is 20.1 Å². The molecule has 0 atom stereocenters. The van der Waals surface area contributed by atoms with Crippen LogP contribution in [0.4, 0.5) is 0 Å². The van der Waals surface area contributed by atoms with E-state index < -0.39 is 5.41 Å². The van der Waals surface area contributed by atoms with Crippen LogP contribution in [-0.4, -0.2) is 36.9 Å². The Labute approximate surface area is 117 Å². The summed E-state index contributed by atoms with van der Waals surface area (Å²) < 4.78 is 0. The molecule has 19 heavy (non-hydrogen) atoms. The molecule has 4 heteroatoms. The third-order valence-corrected chi connectivity index (χ3v) is 3.36. The average Bonchev–Trinajstić information content (AvgIpc) is 2.39. The van der Waals surface area contributed by atoms with Gasteiger partial charge in [-0.3, -0.25) is 9.59 Å². The van der Waals surface area contributed by atoms with Crippen LogP contribution < -0.4 is 5.32 Å². The summed E-state index contributed by atoms with van der Waals surface area (Å²) in [5.41, 5.74) is -0.977. The van der Waals surface area contributed by atoms with E-state index >= 15 is 0 Å². The van der Waals surface area contributed by atoms with Crippen molar-refractivity contribution in [1.82, 2.24) is 10.2 Å². The number of hydrogen-bond donors (Lipinski definition) is 1. The second kappa shape index (κ2) is 8.94. The Bertz CT molecular complexity index is 288. The fraction of sp³-hybridized carbons (Fsp3) is 0.867. The molecule has 0 unspecified atom stereocenters. The topological polar surface area (TPSA) is 49.4 Å². The highest BCUT2D eigenvalue weighted by molar-refractivity contribution is 6.04. The van der Waals surface area contributed by atoms with Crippen LogP contribution in [-0.2, 0) is 9.59 Å². The molecule has 0 aliphatic rings. The first-order valence-electron chi connectivity index (χ1n) is 7.41. The van der Waals surface area contributed by atoms with Crippen molar-refractivity contribution in [2.45, 2.75) is 59.8 Å². The normalized spacial score (nSPS) is 11.2. The minimum absolute atomic E-state index is 0.103. The third kappa shape index (κ3) is 6.08. The van der Waals surface area contributed by atoms with E-state index in [1.54, 1.807) is 25.8 Å². The highest BCUT2D eigenvalue weighted by Crippen LogP contribution is 2.19. The molecule has 1 N–H and O–H groups in total. The van der Waals surface area contributed by atoms with Gasteiger partial charge < -0.3 is 10.2 Å². The first-order valence-corrected chi connectivity index (χ1v) is 7.41. The summed E-state index contributed by atoms with van der Waals surface area (Å²) in [4.78, 5) is 26.0. The standard InChI is InChI=1S/C15H30N2O2/c1-6-8-10-11-16-13(18)15(3,4)14(19)17(5)12-9-7-2/h6-12H2,1-5H3,(H,16,18). The molecular weight excluding hydrogens is 240 g/mol. The zero-order valence-corrected chi connectivity index (χ0v) is 13.2. The molecule has 0 aromatic rings. The summed E-state index contributed by atoms with van der Waals surface area (Å²) in [5.74, 6) is -0.272. The predicted octanol–water partition coefficient (Wildman–Crippen LogP) is 2.58. The second-order valence-corrected chi connectivity index (χ2v) is 5.67. The van der Waals surface area contributed by atoms with E-state index in [-0.39, 0.29) is 11.8 Å². The lowest BCUT2D eigenvalue weighted by Gasteiger charge is -2.28. The van der Waals surface area contributed by atoms with Crippen LogP contribution in [0.15, 0.2) is 0 Å². The van der Waals surface area contributed by atoms with Gasteiger partial charge >= 0.3 is 0 Å². The van der Waals surface area contributed by atoms with Gasteiger partial charge in [-0.05, 0) is 26.7 Å². The largest absolute Gasteiger partial charge is 0.355 e. The zero-order chi connectivity index (χ0) is 14.9. The van der Waals surface area contributed by atoms with Gasteiger partial charge in [-0.1, -0.05) is 33.1 Å². The molecule has 0 saturated carbocycles. The summed E-state index contributed by atoms with van der Waals surface area (Å²) in [6.07, 6.45) is 5.21. The van der Waals surface area contributed by atoms with Gasteiger partial charge in [0, 0.05) is 20.1 Å². The Kier molecular flexibility index (Phi) is 8.44. The van der Waals surface area contributed by atoms with Gasteiger partial charge in [0.25, 0.3) is 0 Å². The second-order valence-electron chi connectivity index (χ2n) is 5.67. The Hall–Kier alpha value is -1.06. The zero-order valence-electron chi connectivity index (χ0n) is 13.2. The van der Waals surface area contributed by atoms with Gasteiger partial charge in [-0.15, -0.1) is 0 Å². The van der Waals surface area contributed by atoms with E-state index in [9.17, 15) is 9.59 Å². The summed E-state index contributed by atoms with van der Waals surface area (Å²) in [5, 5.41) is 2.86. The molecule has 0 radical (unpaired) electrons. The number of unbranched alkanes of at least 4 members (excludes halogenated alkanes) is 3. The van der Waals surface area contributed by atoms with E-state index in [2.05, 4.69) is 19.2 Å². The van der Waals surface area contributed by atoms with E-state index in [4.69, 9.17) is 0 Å². The van der Waals surface area contributed by atoms with Crippen LogP contribution in [0.1, 0.15) is 59.8 Å². The Morgan fingerprint density at radius 2 is 1.63 bits per heavy atom. The van der Waals surface area contributed by atoms with Crippen molar-refractivity contribution in [1.29, 1.82) is 0 Å². The van der Waals surface area contributed by atoms with Crippen LogP contribution in [0, 0.1) is 5.41 Å². The maximum atomic E-state index is 12.3. The lowest BCUT2D eigenvalue weighted by atomic mass is 9.90. The number of amides is 2. The molecule has 0 aromatic heterocycles. The van der Waals surface area contributed by atoms with Crippen molar-refractivity contribution < 1.29 is 9.59 Å². The smallest absolute Gasteiger partial charge is 0.237 e. The lowest BCUT2D eigenvalue weighted by molar-refractivity contribution is -0.147. The Morgan fingerprint density at radius 1 is 1.05 bits per heavy atom. The molecule has 4 nitrogen and oxygen atoms in total. The molecule has 2 amide bonds. The molecule has 0 aromatic carbocycles. The summed E-state index contributed by atoms with van der Waals surface area (Å²) in [6.45, 7) is 8.98. The number of carbonyl (C=O) groups is 2. The number of nitrogens with zero attached hydrogens (tertiary/aromatic N) is 1. The summed E-state index contributed by atoms with van der Waals surface area (Å²) >= 11 is 0. The molecule has 0 bridgehead atoms. The minimum Gasteiger partial charge on any atom is -0.355 e. The van der Waals surface area contributed by atoms with Gasteiger partial charge in [-0.25, -0.2) is 0 Å². The van der Waals surface area contributed by atoms with Crippen LogP contribution in [0.25, 0.3) is 0 Å². The van der Waals surface area contributed by atoms with E-state index in [0.717, 1.165) is 32.1 Å². The molecule has 0 saturated heterocycles. The Balaban J connectivity index is 4.32. The maximum Gasteiger partial charge on any atom is 0.237 e. The SMILES string of the molecule is CCCCCNC(=O)C(C)(C)C(=O)N(C)CCCC. The molecule has 0 fully saturated rings. The molecule has 0 spiro atoms. The van der Waals surface area contributed by atoms with E-state index in [1.165, 1.54) is 0 Å². The molecule has 0 aliphatic heterocycles. The molecular formula is C15H30N2O2. The lowest BCUT2D eigenvalue weighted by Crippen LogP contribution is -2.48. The number of hydrogen-bond acceptors (Lipinski definition) is 2. The van der Waals surface area contributed by atoms with Crippen molar-refractivity contribution in [2.24, 2.45) is 5.41 Å². The van der Waals surface area contributed by atoms with Gasteiger partial charge in [0.15, 0.2) is 0 Å². The Morgan fingerprint density at radius 3 is 2.16 bits per heavy atom. The van der Waals surface area contributed by atoms with Gasteiger partial charge in [0.2, 0.25) is 11.8 Å². The minimum atomic E-state index is -0.977. The van der Waals surface area contributed by atoms with Crippen LogP contribution in [0.3, 0.4) is 0 Å². The maximum absolute atomic E-state index is 12.3. The van der Waals surface area contributed by atoms with E-state index in [1.807, 2.05) is 0 Å². The van der Waals surface area contributed by atoms with Crippen molar-refractivity contribution in [3.05, 3.63) is 0 Å². The molecule has 0 heterocycles. The van der Waals surface area contributed by atoms with E-state index in [0.29, 0.717) is 13.1 Å². The summed E-state index contributed by atoms with van der Waals surface area (Å²) in [6, 6.07) is 0. The van der Waals surface area contributed by atoms with Crippen molar-refractivity contribution >= 4 is 11.8 Å². The third-order valence-electron chi connectivity index (χ3n) is 3.36. The number of carbonyl (C=O) groups excluding carboxylic acids is 2. The van der Waals surface area contributed by atoms with Gasteiger partial charge in [0.05, 0.1) is 0 Å². The number of nitrogens with one attached hydrogen (secondary N) is 1. The highest BCUT2D eigenvalue weighted by Gasteiger charge is 2.37. The van der Waals surface area contributed by atoms with Gasteiger partial charge in [-0.2, -0.15) is 0 Å². The predicted molar refractivity (Wildman–Crippen MR) is 78.9 cm³/mol. The quantitative estimate of drug-likeness (QED) is 0.517. The van der Waals surface area contributed by atoms with Crippen molar-refractivity contribution in [3.8, 4) is 0 Å². The van der Waals surface area contributed by atoms with Crippen LogP contribution in [0.5, 0.6) is 0 Å². The van der Waals surface area contributed by atoms with Gasteiger partial charge in [0.1, 0.15) is 5.41 Å². The van der Waals surface area contributed by atoms with Crippen molar-refractivity contribution in [3.63, 3.8) is 0 Å². The average molecular weight is 270 g/mol. The highest BCUT2D eigenvalue weighted by atomic mass is 16.2. The monoisotopic (exact) mass is 270 g/mol. The molecule has 112 valence electrons. The first-order chi connectivity index (χ1) is 8.87. The molecule has 0 rings (SSSR count).